The molecule has 126 valence electrons. The number of nitrogens with zero attached hydrogens (tertiary/aromatic N) is 3. The van der Waals surface area contributed by atoms with Gasteiger partial charge in [0.15, 0.2) is 0 Å². The summed E-state index contributed by atoms with van der Waals surface area (Å²) in [5.74, 6) is 0.955. The van der Waals surface area contributed by atoms with Crippen LogP contribution in [0.15, 0.2) is 40.8 Å². The lowest BCUT2D eigenvalue weighted by Crippen LogP contribution is -2.31. The maximum Gasteiger partial charge on any atom is 0.222 e. The normalized spacial score (nSPS) is 13.6. The summed E-state index contributed by atoms with van der Waals surface area (Å²) in [7, 11) is 0. The number of amides is 1. The van der Waals surface area contributed by atoms with Crippen molar-refractivity contribution in [3.8, 4) is 0 Å². The van der Waals surface area contributed by atoms with Gasteiger partial charge in [-0.3, -0.25) is 4.79 Å². The molecule has 7 heteroatoms. The van der Waals surface area contributed by atoms with E-state index < -0.39 is 0 Å². The molecule has 3 aromatic rings. The second-order valence-corrected chi connectivity index (χ2v) is 7.47. The van der Waals surface area contributed by atoms with Gasteiger partial charge in [-0.25, -0.2) is 9.97 Å². The van der Waals surface area contributed by atoms with Crippen LogP contribution in [0.25, 0.3) is 0 Å². The van der Waals surface area contributed by atoms with E-state index in [1.54, 1.807) is 35.1 Å². The van der Waals surface area contributed by atoms with E-state index in [9.17, 15) is 4.79 Å². The zero-order chi connectivity index (χ0) is 16.9. The molecule has 2 atom stereocenters. The molecule has 0 fully saturated rings. The molecule has 3 aromatic heterocycles. The molecule has 5 nitrogen and oxygen atoms in total. The summed E-state index contributed by atoms with van der Waals surface area (Å²) in [5.41, 5.74) is 1.22. The Hall–Kier alpha value is -1.99. The maximum absolute atomic E-state index is 12.5. The van der Waals surface area contributed by atoms with Crippen molar-refractivity contribution in [1.29, 1.82) is 0 Å². The number of thiazole rings is 1. The summed E-state index contributed by atoms with van der Waals surface area (Å²) in [6.45, 7) is 3.98. The first kappa shape index (κ1) is 16.9. The highest BCUT2D eigenvalue weighted by Crippen LogP contribution is 2.23. The van der Waals surface area contributed by atoms with Gasteiger partial charge in [-0.1, -0.05) is 0 Å². The number of aromatic nitrogens is 3. The molecule has 0 radical (unpaired) electrons. The number of nitrogens with one attached hydrogen (secondary N) is 1. The summed E-state index contributed by atoms with van der Waals surface area (Å²) in [4.78, 5) is 21.1. The fourth-order valence-electron chi connectivity index (χ4n) is 2.72. The highest BCUT2D eigenvalue weighted by Gasteiger charge is 2.20. The second-order valence-electron chi connectivity index (χ2n) is 5.76. The van der Waals surface area contributed by atoms with Crippen LogP contribution in [0.2, 0.25) is 0 Å². The molecule has 3 rings (SSSR count). The molecule has 0 aliphatic rings. The highest BCUT2D eigenvalue weighted by molar-refractivity contribution is 7.09. The first-order chi connectivity index (χ1) is 11.6. The van der Waals surface area contributed by atoms with Crippen molar-refractivity contribution in [3.63, 3.8) is 0 Å². The minimum Gasteiger partial charge on any atom is -0.346 e. The van der Waals surface area contributed by atoms with E-state index in [4.69, 9.17) is 0 Å². The molecule has 0 aliphatic carbocycles. The molecule has 0 spiro atoms. The third-order valence-corrected chi connectivity index (χ3v) is 5.54. The van der Waals surface area contributed by atoms with Crippen LogP contribution in [-0.2, 0) is 11.2 Å². The van der Waals surface area contributed by atoms with Crippen LogP contribution in [0.5, 0.6) is 0 Å². The Labute approximate surface area is 149 Å². The molecule has 3 heterocycles. The molecular formula is C17H20N4OS2. The van der Waals surface area contributed by atoms with E-state index in [2.05, 4.69) is 32.1 Å². The second kappa shape index (κ2) is 7.72. The minimum absolute atomic E-state index is 0.0334. The maximum atomic E-state index is 12.5. The van der Waals surface area contributed by atoms with Crippen molar-refractivity contribution in [2.24, 2.45) is 0 Å². The summed E-state index contributed by atoms with van der Waals surface area (Å²) >= 11 is 3.24. The third kappa shape index (κ3) is 4.10. The quantitative estimate of drug-likeness (QED) is 0.698. The molecule has 0 aliphatic heterocycles. The Morgan fingerprint density at radius 2 is 2.21 bits per heavy atom. The fraction of sp³-hybridized carbons (Fsp3) is 0.353. The Kier molecular flexibility index (Phi) is 5.42. The Morgan fingerprint density at radius 3 is 2.83 bits per heavy atom. The van der Waals surface area contributed by atoms with E-state index in [1.807, 2.05) is 30.0 Å². The first-order valence-corrected chi connectivity index (χ1v) is 9.65. The average molecular weight is 361 g/mol. The van der Waals surface area contributed by atoms with Gasteiger partial charge in [-0.05, 0) is 36.2 Å². The highest BCUT2D eigenvalue weighted by atomic mass is 32.1. The molecule has 0 saturated carbocycles. The average Bonchev–Trinajstić information content (AvgIpc) is 3.29. The molecule has 0 bridgehead atoms. The Bertz CT molecular complexity index is 764. The van der Waals surface area contributed by atoms with Crippen molar-refractivity contribution < 1.29 is 4.79 Å². The summed E-state index contributed by atoms with van der Waals surface area (Å²) < 4.78 is 2.02. The Balaban J connectivity index is 1.66. The van der Waals surface area contributed by atoms with Gasteiger partial charge in [-0.2, -0.15) is 11.3 Å². The number of thiophene rings is 1. The molecule has 1 amide bonds. The number of aryl methyl sites for hydroxylation is 1. The number of imidazole rings is 1. The minimum atomic E-state index is -0.0804. The molecular weight excluding hydrogens is 340 g/mol. The largest absolute Gasteiger partial charge is 0.346 e. The number of carbonyl (C=O) groups is 1. The van der Waals surface area contributed by atoms with Gasteiger partial charge < -0.3 is 9.88 Å². The zero-order valence-electron chi connectivity index (χ0n) is 13.7. The predicted molar refractivity (Wildman–Crippen MR) is 97.3 cm³/mol. The molecule has 0 aromatic carbocycles. The molecule has 0 unspecified atom stereocenters. The monoisotopic (exact) mass is 360 g/mol. The van der Waals surface area contributed by atoms with Crippen LogP contribution >= 0.6 is 22.7 Å². The van der Waals surface area contributed by atoms with Gasteiger partial charge in [0.2, 0.25) is 5.91 Å². The van der Waals surface area contributed by atoms with Gasteiger partial charge in [0.1, 0.15) is 10.8 Å². The lowest BCUT2D eigenvalue weighted by molar-refractivity contribution is -0.122. The van der Waals surface area contributed by atoms with Gasteiger partial charge in [0.05, 0.1) is 6.04 Å². The number of hydrogen-bond donors (Lipinski definition) is 1. The molecule has 1 N–H and O–H groups in total. The predicted octanol–water partition coefficient (Wildman–Crippen LogP) is 3.76. The van der Waals surface area contributed by atoms with Gasteiger partial charge in [0, 0.05) is 42.9 Å². The van der Waals surface area contributed by atoms with Crippen LogP contribution < -0.4 is 5.32 Å². The van der Waals surface area contributed by atoms with Crippen molar-refractivity contribution in [2.75, 3.05) is 0 Å². The van der Waals surface area contributed by atoms with Crippen molar-refractivity contribution in [3.05, 3.63) is 57.2 Å². The van der Waals surface area contributed by atoms with Crippen LogP contribution in [0, 0.1) is 6.92 Å². The summed E-state index contributed by atoms with van der Waals surface area (Å²) in [6, 6.07) is 2.09. The van der Waals surface area contributed by atoms with Gasteiger partial charge in [0.25, 0.3) is 0 Å². The van der Waals surface area contributed by atoms with Crippen LogP contribution in [-0.4, -0.2) is 20.4 Å². The van der Waals surface area contributed by atoms with Crippen LogP contribution in [0.1, 0.15) is 41.8 Å². The van der Waals surface area contributed by atoms with E-state index in [-0.39, 0.29) is 18.0 Å². The van der Waals surface area contributed by atoms with E-state index in [1.165, 1.54) is 5.56 Å². The standard InChI is InChI=1S/C17H20N4OS2/c1-12(21-6-4-18-13(21)2)9-16(22)20-15(17-19-5-8-24-17)10-14-3-7-23-11-14/h3-8,11-12,15H,9-10H2,1-2H3,(H,20,22)/t12-,15-/m0/s1. The topological polar surface area (TPSA) is 59.8 Å². The molecule has 24 heavy (non-hydrogen) atoms. The van der Waals surface area contributed by atoms with Gasteiger partial charge >= 0.3 is 0 Å². The summed E-state index contributed by atoms with van der Waals surface area (Å²) in [5, 5.41) is 10.2. The van der Waals surface area contributed by atoms with Gasteiger partial charge in [-0.15, -0.1) is 11.3 Å². The molecule has 0 saturated heterocycles. The number of carbonyl (C=O) groups excluding carboxylic acids is 1. The van der Waals surface area contributed by atoms with E-state index in [0.717, 1.165) is 17.3 Å². The van der Waals surface area contributed by atoms with Crippen LogP contribution in [0.3, 0.4) is 0 Å². The van der Waals surface area contributed by atoms with Crippen molar-refractivity contribution in [1.82, 2.24) is 19.9 Å². The Morgan fingerprint density at radius 1 is 1.33 bits per heavy atom. The SMILES string of the molecule is Cc1nccn1[C@@H](C)CC(=O)N[C@@H](Cc1ccsc1)c1nccs1. The lowest BCUT2D eigenvalue weighted by Gasteiger charge is -2.19. The fourth-order valence-corrected chi connectivity index (χ4v) is 4.10. The first-order valence-electron chi connectivity index (χ1n) is 7.82. The number of rotatable bonds is 7. The van der Waals surface area contributed by atoms with Crippen molar-refractivity contribution in [2.45, 2.75) is 38.8 Å². The summed E-state index contributed by atoms with van der Waals surface area (Å²) in [6.07, 6.45) is 6.64. The number of hydrogen-bond acceptors (Lipinski definition) is 5. The van der Waals surface area contributed by atoms with Crippen molar-refractivity contribution >= 4 is 28.6 Å². The van der Waals surface area contributed by atoms with Crippen LogP contribution in [0.4, 0.5) is 0 Å². The zero-order valence-corrected chi connectivity index (χ0v) is 15.3. The van der Waals surface area contributed by atoms with E-state index >= 15 is 0 Å². The lowest BCUT2D eigenvalue weighted by atomic mass is 10.1. The van der Waals surface area contributed by atoms with E-state index in [0.29, 0.717) is 6.42 Å². The smallest absolute Gasteiger partial charge is 0.222 e. The third-order valence-electron chi connectivity index (χ3n) is 3.92.